The lowest BCUT2D eigenvalue weighted by Gasteiger charge is -2.26. The van der Waals surface area contributed by atoms with Gasteiger partial charge >= 0.3 is 0 Å². The van der Waals surface area contributed by atoms with Gasteiger partial charge in [-0.2, -0.15) is 0 Å². The van der Waals surface area contributed by atoms with Crippen molar-refractivity contribution in [2.24, 2.45) is 5.41 Å². The minimum Gasteiger partial charge on any atom is -0.315 e. The lowest BCUT2D eigenvalue weighted by atomic mass is 10.00. The molecule has 1 nitrogen and oxygen atoms in total. The summed E-state index contributed by atoms with van der Waals surface area (Å²) in [5.74, 6) is -2.32. The fourth-order valence-electron chi connectivity index (χ4n) is 1.19. The molecule has 1 spiro atoms. The third-order valence-corrected chi connectivity index (χ3v) is 2.14. The van der Waals surface area contributed by atoms with Crippen LogP contribution in [0.2, 0.25) is 0 Å². The highest BCUT2D eigenvalue weighted by Crippen LogP contribution is 2.62. The van der Waals surface area contributed by atoms with E-state index in [-0.39, 0.29) is 6.42 Å². The van der Waals surface area contributed by atoms with Crippen LogP contribution in [0.25, 0.3) is 0 Å². The van der Waals surface area contributed by atoms with E-state index in [9.17, 15) is 8.78 Å². The van der Waals surface area contributed by atoms with E-state index in [0.29, 0.717) is 13.1 Å². The van der Waals surface area contributed by atoms with E-state index in [4.69, 9.17) is 0 Å². The number of hydrogen-bond acceptors (Lipinski definition) is 1. The molecule has 0 aromatic rings. The maximum atomic E-state index is 12.2. The van der Waals surface area contributed by atoms with Gasteiger partial charge in [0.2, 0.25) is 0 Å². The standard InChI is InChI=1S/C5H7F2N/c6-5(7)1-4(5)2-8-3-4/h8H,1-3H2. The third-order valence-electron chi connectivity index (χ3n) is 2.14. The van der Waals surface area contributed by atoms with Crippen molar-refractivity contribution in [3.63, 3.8) is 0 Å². The van der Waals surface area contributed by atoms with Crippen LogP contribution in [0.3, 0.4) is 0 Å². The number of hydrogen-bond donors (Lipinski definition) is 1. The van der Waals surface area contributed by atoms with E-state index in [1.165, 1.54) is 0 Å². The summed E-state index contributed by atoms with van der Waals surface area (Å²) in [6, 6.07) is 0. The molecule has 3 heteroatoms. The van der Waals surface area contributed by atoms with Gasteiger partial charge in [-0.25, -0.2) is 8.78 Å². The Morgan fingerprint density at radius 2 is 1.75 bits per heavy atom. The van der Waals surface area contributed by atoms with E-state index in [1.807, 2.05) is 0 Å². The van der Waals surface area contributed by atoms with Gasteiger partial charge in [-0.3, -0.25) is 0 Å². The fourth-order valence-corrected chi connectivity index (χ4v) is 1.19. The highest BCUT2D eigenvalue weighted by atomic mass is 19.3. The second kappa shape index (κ2) is 0.923. The Kier molecular flexibility index (Phi) is 0.539. The van der Waals surface area contributed by atoms with Gasteiger partial charge in [0, 0.05) is 19.5 Å². The zero-order valence-corrected chi connectivity index (χ0v) is 4.38. The molecule has 1 N–H and O–H groups in total. The van der Waals surface area contributed by atoms with E-state index < -0.39 is 11.3 Å². The molecule has 2 rings (SSSR count). The van der Waals surface area contributed by atoms with Crippen molar-refractivity contribution in [2.45, 2.75) is 12.3 Å². The van der Waals surface area contributed by atoms with E-state index in [0.717, 1.165) is 0 Å². The molecule has 1 saturated carbocycles. The van der Waals surface area contributed by atoms with Gasteiger partial charge in [0.15, 0.2) is 0 Å². The maximum absolute atomic E-state index is 12.2. The average Bonchev–Trinajstić information content (AvgIpc) is 2.05. The highest BCUT2D eigenvalue weighted by molar-refractivity contribution is 5.17. The second-order valence-corrected chi connectivity index (χ2v) is 2.77. The molecule has 1 aliphatic heterocycles. The van der Waals surface area contributed by atoms with Crippen LogP contribution in [-0.2, 0) is 0 Å². The first-order chi connectivity index (χ1) is 3.66. The van der Waals surface area contributed by atoms with Gasteiger partial charge in [0.05, 0.1) is 5.41 Å². The lowest BCUT2D eigenvalue weighted by Crippen LogP contribution is -2.47. The van der Waals surface area contributed by atoms with Gasteiger partial charge < -0.3 is 5.32 Å². The number of halogens is 2. The van der Waals surface area contributed by atoms with Crippen LogP contribution < -0.4 is 5.32 Å². The zero-order chi connectivity index (χ0) is 5.83. The van der Waals surface area contributed by atoms with Crippen molar-refractivity contribution in [3.8, 4) is 0 Å². The molecule has 2 fully saturated rings. The van der Waals surface area contributed by atoms with Crippen molar-refractivity contribution in [1.29, 1.82) is 0 Å². The van der Waals surface area contributed by atoms with Crippen molar-refractivity contribution < 1.29 is 8.78 Å². The molecule has 0 aromatic carbocycles. The van der Waals surface area contributed by atoms with Crippen LogP contribution in [0.4, 0.5) is 8.78 Å². The van der Waals surface area contributed by atoms with Gasteiger partial charge in [-0.1, -0.05) is 0 Å². The van der Waals surface area contributed by atoms with Crippen LogP contribution >= 0.6 is 0 Å². The molecular formula is C5H7F2N. The Bertz CT molecular complexity index is 128. The molecule has 0 aromatic heterocycles. The summed E-state index contributed by atoms with van der Waals surface area (Å²) in [4.78, 5) is 0. The number of nitrogens with one attached hydrogen (secondary N) is 1. The molecule has 1 heterocycles. The molecule has 0 radical (unpaired) electrons. The summed E-state index contributed by atoms with van der Waals surface area (Å²) in [7, 11) is 0. The van der Waals surface area contributed by atoms with Gasteiger partial charge in [0.25, 0.3) is 5.92 Å². The average molecular weight is 119 g/mol. The van der Waals surface area contributed by atoms with Crippen LogP contribution in [0, 0.1) is 5.41 Å². The molecule has 2 aliphatic rings. The second-order valence-electron chi connectivity index (χ2n) is 2.77. The molecule has 8 heavy (non-hydrogen) atoms. The quantitative estimate of drug-likeness (QED) is 0.492. The minimum absolute atomic E-state index is 0.118. The van der Waals surface area contributed by atoms with Crippen LogP contribution in [-0.4, -0.2) is 19.0 Å². The molecular weight excluding hydrogens is 112 g/mol. The first-order valence-corrected chi connectivity index (χ1v) is 2.75. The largest absolute Gasteiger partial charge is 0.315 e. The van der Waals surface area contributed by atoms with E-state index >= 15 is 0 Å². The van der Waals surface area contributed by atoms with Crippen LogP contribution in [0.1, 0.15) is 6.42 Å². The molecule has 1 saturated heterocycles. The lowest BCUT2D eigenvalue weighted by molar-refractivity contribution is 0.0419. The third kappa shape index (κ3) is 0.312. The number of rotatable bonds is 0. The molecule has 1 aliphatic carbocycles. The Hall–Kier alpha value is -0.180. The van der Waals surface area contributed by atoms with Crippen LogP contribution in [0.5, 0.6) is 0 Å². The molecule has 0 bridgehead atoms. The Morgan fingerprint density at radius 3 is 1.75 bits per heavy atom. The Labute approximate surface area is 46.1 Å². The topological polar surface area (TPSA) is 12.0 Å². The molecule has 0 atom stereocenters. The SMILES string of the molecule is FC1(F)CC12CNC2. The summed E-state index contributed by atoms with van der Waals surface area (Å²) in [6.45, 7) is 1.06. The number of alkyl halides is 2. The van der Waals surface area contributed by atoms with Crippen LogP contribution in [0.15, 0.2) is 0 Å². The highest BCUT2D eigenvalue weighted by Gasteiger charge is 2.73. The van der Waals surface area contributed by atoms with Crippen molar-refractivity contribution in [1.82, 2.24) is 5.32 Å². The zero-order valence-electron chi connectivity index (χ0n) is 4.38. The Morgan fingerprint density at radius 1 is 1.25 bits per heavy atom. The predicted molar refractivity (Wildman–Crippen MR) is 24.9 cm³/mol. The monoisotopic (exact) mass is 119 g/mol. The van der Waals surface area contributed by atoms with E-state index in [2.05, 4.69) is 5.32 Å². The van der Waals surface area contributed by atoms with Gasteiger partial charge in [0.1, 0.15) is 0 Å². The van der Waals surface area contributed by atoms with Crippen molar-refractivity contribution in [3.05, 3.63) is 0 Å². The normalized spacial score (nSPS) is 36.8. The smallest absolute Gasteiger partial charge is 0.257 e. The first-order valence-electron chi connectivity index (χ1n) is 2.75. The minimum atomic E-state index is -2.32. The molecule has 0 amide bonds. The fraction of sp³-hybridized carbons (Fsp3) is 1.00. The summed E-state index contributed by atoms with van der Waals surface area (Å²) >= 11 is 0. The maximum Gasteiger partial charge on any atom is 0.257 e. The van der Waals surface area contributed by atoms with Crippen molar-refractivity contribution >= 4 is 0 Å². The summed E-state index contributed by atoms with van der Waals surface area (Å²) in [5.41, 5.74) is -0.576. The first kappa shape index (κ1) is 4.68. The van der Waals surface area contributed by atoms with Gasteiger partial charge in [-0.05, 0) is 0 Å². The summed E-state index contributed by atoms with van der Waals surface area (Å²) in [5, 5.41) is 2.84. The molecule has 46 valence electrons. The summed E-state index contributed by atoms with van der Waals surface area (Å²) in [6.07, 6.45) is 0.118. The van der Waals surface area contributed by atoms with Crippen molar-refractivity contribution in [2.75, 3.05) is 13.1 Å². The van der Waals surface area contributed by atoms with E-state index in [1.54, 1.807) is 0 Å². The Balaban J connectivity index is 2.12. The summed E-state index contributed by atoms with van der Waals surface area (Å²) < 4.78 is 24.4. The predicted octanol–water partition coefficient (Wildman–Crippen LogP) is 0.615. The molecule has 0 unspecified atom stereocenters. The van der Waals surface area contributed by atoms with Gasteiger partial charge in [-0.15, -0.1) is 0 Å².